The molecule has 0 aliphatic carbocycles. The van der Waals surface area contributed by atoms with Crippen LogP contribution in [0.5, 0.6) is 0 Å². The Hall–Kier alpha value is -2.46. The van der Waals surface area contributed by atoms with Gasteiger partial charge in [-0.05, 0) is 39.8 Å². The summed E-state index contributed by atoms with van der Waals surface area (Å²) in [6.07, 6.45) is 1.74. The van der Waals surface area contributed by atoms with Gasteiger partial charge in [-0.2, -0.15) is 5.10 Å². The van der Waals surface area contributed by atoms with Crippen molar-refractivity contribution >= 4 is 45.1 Å². The maximum atomic E-state index is 5.37. The molecule has 0 fully saturated rings. The van der Waals surface area contributed by atoms with E-state index in [9.17, 15) is 0 Å². The Morgan fingerprint density at radius 3 is 2.40 bits per heavy atom. The zero-order valence-electron chi connectivity index (χ0n) is 10.7. The summed E-state index contributed by atoms with van der Waals surface area (Å²) in [5, 5.41) is 9.00. The van der Waals surface area contributed by atoms with Gasteiger partial charge in [-0.15, -0.1) is 0 Å². The zero-order valence-corrected chi connectivity index (χ0v) is 11.5. The second-order valence-electron chi connectivity index (χ2n) is 4.47. The first-order chi connectivity index (χ1) is 9.75. The van der Waals surface area contributed by atoms with Crippen molar-refractivity contribution in [1.29, 1.82) is 0 Å². The Morgan fingerprint density at radius 1 is 1.00 bits per heavy atom. The van der Waals surface area contributed by atoms with Crippen molar-refractivity contribution in [3.05, 3.63) is 60.2 Å². The lowest BCUT2D eigenvalue weighted by Gasteiger charge is -2.07. The molecule has 0 amide bonds. The van der Waals surface area contributed by atoms with E-state index >= 15 is 0 Å². The van der Waals surface area contributed by atoms with Crippen LogP contribution in [0.15, 0.2) is 59.7 Å². The molecule has 3 aromatic carbocycles. The number of benzene rings is 3. The second-order valence-corrected chi connectivity index (χ2v) is 4.91. The van der Waals surface area contributed by atoms with Crippen LogP contribution in [0.4, 0.5) is 0 Å². The fourth-order valence-electron chi connectivity index (χ4n) is 2.36. The maximum Gasteiger partial charge on any atom is 0.184 e. The van der Waals surface area contributed by atoms with E-state index in [0.717, 1.165) is 10.9 Å². The summed E-state index contributed by atoms with van der Waals surface area (Å²) in [4.78, 5) is 0. The van der Waals surface area contributed by atoms with Gasteiger partial charge in [0.05, 0.1) is 6.21 Å². The van der Waals surface area contributed by atoms with Crippen LogP contribution in [0.3, 0.4) is 0 Å². The van der Waals surface area contributed by atoms with Gasteiger partial charge in [-0.3, -0.25) is 5.43 Å². The summed E-state index contributed by atoms with van der Waals surface area (Å²) in [6, 6.07) is 18.7. The molecule has 0 aliphatic rings. The third-order valence-electron chi connectivity index (χ3n) is 3.18. The number of hydrazone groups is 1. The fraction of sp³-hybridized carbons (Fsp3) is 0. The largest absolute Gasteiger partial charge is 0.375 e. The molecule has 3 N–H and O–H groups in total. The monoisotopic (exact) mass is 279 g/mol. The number of hydrogen-bond donors (Lipinski definition) is 2. The Kier molecular flexibility index (Phi) is 3.31. The third kappa shape index (κ3) is 2.33. The van der Waals surface area contributed by atoms with Crippen molar-refractivity contribution in [2.24, 2.45) is 10.8 Å². The van der Waals surface area contributed by atoms with E-state index in [-0.39, 0.29) is 5.11 Å². The summed E-state index contributed by atoms with van der Waals surface area (Å²) in [7, 11) is 0. The Bertz CT molecular complexity index is 824. The van der Waals surface area contributed by atoms with Crippen LogP contribution in [0, 0.1) is 0 Å². The number of hydrogen-bond acceptors (Lipinski definition) is 2. The highest BCUT2D eigenvalue weighted by molar-refractivity contribution is 7.80. The summed E-state index contributed by atoms with van der Waals surface area (Å²) in [6.45, 7) is 0. The molecule has 0 atom stereocenters. The number of nitrogens with two attached hydrogens (primary N) is 1. The third-order valence-corrected chi connectivity index (χ3v) is 3.27. The van der Waals surface area contributed by atoms with Crippen molar-refractivity contribution in [1.82, 2.24) is 5.43 Å². The molecule has 3 nitrogen and oxygen atoms in total. The number of thiocarbonyl (C=S) groups is 1. The SMILES string of the molecule is NC(=S)N/N=C\c1cc2ccccc2c2ccccc12. The van der Waals surface area contributed by atoms with Crippen LogP contribution in [0.25, 0.3) is 21.5 Å². The second kappa shape index (κ2) is 5.27. The molecule has 0 heterocycles. The lowest BCUT2D eigenvalue weighted by molar-refractivity contribution is 1.04. The molecule has 0 bridgehead atoms. The quantitative estimate of drug-likeness (QED) is 0.328. The molecule has 0 radical (unpaired) electrons. The van der Waals surface area contributed by atoms with E-state index in [1.165, 1.54) is 16.2 Å². The van der Waals surface area contributed by atoms with E-state index in [1.807, 2.05) is 18.2 Å². The Labute approximate surface area is 122 Å². The van der Waals surface area contributed by atoms with Gasteiger partial charge in [0.2, 0.25) is 0 Å². The molecule has 0 aliphatic heterocycles. The van der Waals surface area contributed by atoms with Gasteiger partial charge in [0.15, 0.2) is 5.11 Å². The molecule has 3 aromatic rings. The first-order valence-corrected chi connectivity index (χ1v) is 6.65. The molecule has 0 spiro atoms. The molecule has 0 saturated heterocycles. The van der Waals surface area contributed by atoms with Crippen molar-refractivity contribution < 1.29 is 0 Å². The lowest BCUT2D eigenvalue weighted by atomic mass is 9.98. The standard InChI is InChI=1S/C16H13N3S/c17-16(20)19-18-10-12-9-11-5-1-2-6-13(11)15-8-4-3-7-14(12)15/h1-10H,(H3,17,19,20)/b18-10-. The number of fused-ring (bicyclic) bond motifs is 3. The molecular weight excluding hydrogens is 266 g/mol. The minimum atomic E-state index is 0.159. The van der Waals surface area contributed by atoms with Gasteiger partial charge < -0.3 is 5.73 Å². The van der Waals surface area contributed by atoms with Crippen molar-refractivity contribution in [2.45, 2.75) is 0 Å². The number of nitrogens with zero attached hydrogens (tertiary/aromatic N) is 1. The summed E-state index contributed by atoms with van der Waals surface area (Å²) in [5.41, 5.74) is 8.98. The molecular formula is C16H13N3S. The highest BCUT2D eigenvalue weighted by Crippen LogP contribution is 2.27. The van der Waals surface area contributed by atoms with Crippen LogP contribution in [0.1, 0.15) is 5.56 Å². The molecule has 98 valence electrons. The maximum absolute atomic E-state index is 5.37. The van der Waals surface area contributed by atoms with Gasteiger partial charge in [0, 0.05) is 5.56 Å². The number of nitrogens with one attached hydrogen (secondary N) is 1. The van der Waals surface area contributed by atoms with Crippen LogP contribution < -0.4 is 11.2 Å². The summed E-state index contributed by atoms with van der Waals surface area (Å²) >= 11 is 4.74. The minimum absolute atomic E-state index is 0.159. The van der Waals surface area contributed by atoms with Gasteiger partial charge in [-0.1, -0.05) is 48.5 Å². The molecule has 0 saturated carbocycles. The highest BCUT2D eigenvalue weighted by atomic mass is 32.1. The summed E-state index contributed by atoms with van der Waals surface area (Å²) < 4.78 is 0. The van der Waals surface area contributed by atoms with Gasteiger partial charge in [0.25, 0.3) is 0 Å². The van der Waals surface area contributed by atoms with Crippen LogP contribution in [-0.4, -0.2) is 11.3 Å². The van der Waals surface area contributed by atoms with Gasteiger partial charge in [-0.25, -0.2) is 0 Å². The van der Waals surface area contributed by atoms with Crippen molar-refractivity contribution in [3.8, 4) is 0 Å². The average Bonchev–Trinajstić information content (AvgIpc) is 2.47. The molecule has 0 aromatic heterocycles. The predicted molar refractivity (Wildman–Crippen MR) is 89.0 cm³/mol. The molecule has 0 unspecified atom stereocenters. The molecule has 4 heteroatoms. The van der Waals surface area contributed by atoms with Crippen molar-refractivity contribution in [2.75, 3.05) is 0 Å². The Balaban J connectivity index is 2.24. The smallest absolute Gasteiger partial charge is 0.184 e. The summed E-state index contributed by atoms with van der Waals surface area (Å²) in [5.74, 6) is 0. The van der Waals surface area contributed by atoms with Crippen LogP contribution in [0.2, 0.25) is 0 Å². The van der Waals surface area contributed by atoms with E-state index < -0.39 is 0 Å². The van der Waals surface area contributed by atoms with Crippen molar-refractivity contribution in [3.63, 3.8) is 0 Å². The first kappa shape index (κ1) is 12.6. The topological polar surface area (TPSA) is 50.4 Å². The zero-order chi connectivity index (χ0) is 13.9. The van der Waals surface area contributed by atoms with E-state index in [1.54, 1.807) is 6.21 Å². The fourth-order valence-corrected chi connectivity index (χ4v) is 2.41. The Morgan fingerprint density at radius 2 is 1.65 bits per heavy atom. The van der Waals surface area contributed by atoms with E-state index in [0.29, 0.717) is 0 Å². The van der Waals surface area contributed by atoms with Gasteiger partial charge in [0.1, 0.15) is 0 Å². The average molecular weight is 279 g/mol. The first-order valence-electron chi connectivity index (χ1n) is 6.25. The number of rotatable bonds is 2. The van der Waals surface area contributed by atoms with Crippen LogP contribution in [-0.2, 0) is 0 Å². The minimum Gasteiger partial charge on any atom is -0.375 e. The van der Waals surface area contributed by atoms with Crippen LogP contribution >= 0.6 is 12.2 Å². The molecule has 20 heavy (non-hydrogen) atoms. The van der Waals surface area contributed by atoms with Gasteiger partial charge >= 0.3 is 0 Å². The van der Waals surface area contributed by atoms with E-state index in [4.69, 9.17) is 18.0 Å². The lowest BCUT2D eigenvalue weighted by Crippen LogP contribution is -2.24. The predicted octanol–water partition coefficient (Wildman–Crippen LogP) is 3.16. The highest BCUT2D eigenvalue weighted by Gasteiger charge is 2.04. The van der Waals surface area contributed by atoms with E-state index in [2.05, 4.69) is 46.9 Å². The molecule has 3 rings (SSSR count). The normalized spacial score (nSPS) is 11.2.